The molecule has 0 radical (unpaired) electrons. The van der Waals surface area contributed by atoms with Crippen molar-refractivity contribution in [1.82, 2.24) is 9.97 Å². The van der Waals surface area contributed by atoms with Gasteiger partial charge in [-0.1, -0.05) is 12.2 Å². The Morgan fingerprint density at radius 2 is 2.38 bits per heavy atom. The average molecular weight is 176 g/mol. The lowest BCUT2D eigenvalue weighted by atomic mass is 10.2. The number of rotatable bonds is 3. The number of aromatic nitrogens is 2. The number of hydrogen-bond donors (Lipinski definition) is 2. The molecule has 2 rings (SSSR count). The van der Waals surface area contributed by atoms with Gasteiger partial charge in [0.2, 0.25) is 0 Å². The third kappa shape index (κ3) is 1.53. The van der Waals surface area contributed by atoms with E-state index in [1.54, 1.807) is 6.33 Å². The van der Waals surface area contributed by atoms with E-state index in [0.717, 1.165) is 30.0 Å². The maximum absolute atomic E-state index is 5.40. The fourth-order valence-electron chi connectivity index (χ4n) is 1.39. The van der Waals surface area contributed by atoms with Gasteiger partial charge in [0.05, 0.1) is 5.69 Å². The molecule has 0 amide bonds. The van der Waals surface area contributed by atoms with E-state index in [-0.39, 0.29) is 0 Å². The summed E-state index contributed by atoms with van der Waals surface area (Å²) in [4.78, 5) is 8.34. The van der Waals surface area contributed by atoms with Crippen LogP contribution in [0.3, 0.4) is 0 Å². The van der Waals surface area contributed by atoms with Gasteiger partial charge in [-0.2, -0.15) is 0 Å². The van der Waals surface area contributed by atoms with E-state index in [1.165, 1.54) is 0 Å². The van der Waals surface area contributed by atoms with Crippen molar-refractivity contribution in [3.63, 3.8) is 0 Å². The van der Waals surface area contributed by atoms with Crippen molar-refractivity contribution in [3.05, 3.63) is 23.7 Å². The molecule has 0 aromatic carbocycles. The summed E-state index contributed by atoms with van der Waals surface area (Å²) in [6, 6.07) is 0. The number of hydrogen-bond acceptors (Lipinski definition) is 4. The molecule has 68 valence electrons. The van der Waals surface area contributed by atoms with Crippen LogP contribution in [0.2, 0.25) is 0 Å². The van der Waals surface area contributed by atoms with Gasteiger partial charge < -0.3 is 11.1 Å². The summed E-state index contributed by atoms with van der Waals surface area (Å²) in [5.74, 6) is 0.893. The lowest BCUT2D eigenvalue weighted by Crippen LogP contribution is -2.15. The summed E-state index contributed by atoms with van der Waals surface area (Å²) in [6.45, 7) is 1.36. The Bertz CT molecular complexity index is 332. The Labute approximate surface area is 76.9 Å². The van der Waals surface area contributed by atoms with Gasteiger partial charge in [-0.05, 0) is 0 Å². The predicted octanol–water partition coefficient (Wildman–Crippen LogP) is 0.416. The average Bonchev–Trinajstić information content (AvgIpc) is 2.62. The molecule has 4 nitrogen and oxygen atoms in total. The number of anilines is 1. The van der Waals surface area contributed by atoms with Crippen LogP contribution in [0, 0.1) is 0 Å². The predicted molar refractivity (Wildman–Crippen MR) is 52.3 cm³/mol. The van der Waals surface area contributed by atoms with Gasteiger partial charge in [0.25, 0.3) is 0 Å². The van der Waals surface area contributed by atoms with E-state index in [9.17, 15) is 0 Å². The highest BCUT2D eigenvalue weighted by molar-refractivity contribution is 5.68. The van der Waals surface area contributed by atoms with Gasteiger partial charge in [-0.25, -0.2) is 9.97 Å². The lowest BCUT2D eigenvalue weighted by Gasteiger charge is -2.06. The molecule has 1 aromatic rings. The van der Waals surface area contributed by atoms with E-state index in [1.807, 2.05) is 6.08 Å². The molecular weight excluding hydrogens is 164 g/mol. The van der Waals surface area contributed by atoms with Crippen molar-refractivity contribution < 1.29 is 0 Å². The molecule has 0 bridgehead atoms. The van der Waals surface area contributed by atoms with Crippen molar-refractivity contribution in [2.45, 2.75) is 6.42 Å². The third-order valence-electron chi connectivity index (χ3n) is 2.00. The van der Waals surface area contributed by atoms with Gasteiger partial charge in [-0.3, -0.25) is 0 Å². The van der Waals surface area contributed by atoms with Crippen LogP contribution in [0.4, 0.5) is 5.82 Å². The molecule has 1 aliphatic carbocycles. The van der Waals surface area contributed by atoms with E-state index in [4.69, 9.17) is 5.73 Å². The molecule has 1 aromatic heterocycles. The zero-order chi connectivity index (χ0) is 9.10. The smallest absolute Gasteiger partial charge is 0.136 e. The van der Waals surface area contributed by atoms with Gasteiger partial charge in [-0.15, -0.1) is 0 Å². The summed E-state index contributed by atoms with van der Waals surface area (Å²) < 4.78 is 0. The third-order valence-corrected chi connectivity index (χ3v) is 2.00. The largest absolute Gasteiger partial charge is 0.368 e. The van der Waals surface area contributed by atoms with Crippen LogP contribution in [-0.4, -0.2) is 23.1 Å². The zero-order valence-electron chi connectivity index (χ0n) is 7.33. The van der Waals surface area contributed by atoms with Crippen molar-refractivity contribution in [2.24, 2.45) is 5.73 Å². The topological polar surface area (TPSA) is 63.8 Å². The molecule has 0 atom stereocenters. The fraction of sp³-hybridized carbons (Fsp3) is 0.333. The molecule has 0 fully saturated rings. The van der Waals surface area contributed by atoms with Crippen LogP contribution in [0.15, 0.2) is 12.4 Å². The molecule has 0 unspecified atom stereocenters. The van der Waals surface area contributed by atoms with E-state index >= 15 is 0 Å². The molecule has 13 heavy (non-hydrogen) atoms. The minimum absolute atomic E-state index is 0.614. The highest BCUT2D eigenvalue weighted by Gasteiger charge is 2.10. The van der Waals surface area contributed by atoms with Crippen molar-refractivity contribution in [3.8, 4) is 0 Å². The minimum Gasteiger partial charge on any atom is -0.368 e. The molecule has 0 aliphatic heterocycles. The van der Waals surface area contributed by atoms with Crippen LogP contribution < -0.4 is 11.1 Å². The van der Waals surface area contributed by atoms with Crippen molar-refractivity contribution in [2.75, 3.05) is 18.4 Å². The number of fused-ring (bicyclic) bond motifs is 1. The zero-order valence-corrected chi connectivity index (χ0v) is 7.33. The molecule has 0 spiro atoms. The van der Waals surface area contributed by atoms with Crippen molar-refractivity contribution in [1.29, 1.82) is 0 Å². The van der Waals surface area contributed by atoms with Crippen LogP contribution in [0.5, 0.6) is 0 Å². The second-order valence-electron chi connectivity index (χ2n) is 2.90. The molecular formula is C9H12N4. The molecule has 0 saturated heterocycles. The first-order valence-corrected chi connectivity index (χ1v) is 4.36. The Balaban J connectivity index is 2.25. The number of allylic oxidation sites excluding steroid dienone is 1. The van der Waals surface area contributed by atoms with Gasteiger partial charge in [0, 0.05) is 25.1 Å². The molecule has 4 heteroatoms. The molecule has 1 aliphatic rings. The lowest BCUT2D eigenvalue weighted by molar-refractivity contribution is 0.990. The quantitative estimate of drug-likeness (QED) is 0.700. The minimum atomic E-state index is 0.614. The SMILES string of the molecule is NCCNc1ncnc2c1C=CC2. The summed E-state index contributed by atoms with van der Waals surface area (Å²) in [5, 5.41) is 3.17. The summed E-state index contributed by atoms with van der Waals surface area (Å²) >= 11 is 0. The Hall–Kier alpha value is -1.42. The van der Waals surface area contributed by atoms with Crippen LogP contribution in [0.1, 0.15) is 11.3 Å². The highest BCUT2D eigenvalue weighted by atomic mass is 15.0. The van der Waals surface area contributed by atoms with E-state index < -0.39 is 0 Å². The van der Waals surface area contributed by atoms with Crippen molar-refractivity contribution >= 4 is 11.9 Å². The Morgan fingerprint density at radius 3 is 3.23 bits per heavy atom. The van der Waals surface area contributed by atoms with E-state index in [2.05, 4.69) is 21.4 Å². The Morgan fingerprint density at radius 1 is 1.46 bits per heavy atom. The first kappa shape index (κ1) is 8.19. The first-order chi connectivity index (χ1) is 6.42. The molecule has 0 saturated carbocycles. The normalized spacial score (nSPS) is 13.0. The fourth-order valence-corrected chi connectivity index (χ4v) is 1.39. The van der Waals surface area contributed by atoms with Gasteiger partial charge in [0.1, 0.15) is 12.1 Å². The number of nitrogens with one attached hydrogen (secondary N) is 1. The molecule has 3 N–H and O–H groups in total. The summed E-state index contributed by atoms with van der Waals surface area (Å²) in [5.41, 5.74) is 7.60. The summed E-state index contributed by atoms with van der Waals surface area (Å²) in [7, 11) is 0. The highest BCUT2D eigenvalue weighted by Crippen LogP contribution is 2.22. The Kier molecular flexibility index (Phi) is 2.23. The number of nitrogens with two attached hydrogens (primary N) is 1. The summed E-state index contributed by atoms with van der Waals surface area (Å²) in [6.07, 6.45) is 6.64. The van der Waals surface area contributed by atoms with Gasteiger partial charge >= 0.3 is 0 Å². The molecule has 1 heterocycles. The first-order valence-electron chi connectivity index (χ1n) is 4.36. The number of nitrogens with zero attached hydrogens (tertiary/aromatic N) is 2. The van der Waals surface area contributed by atoms with E-state index in [0.29, 0.717) is 6.54 Å². The maximum atomic E-state index is 5.40. The van der Waals surface area contributed by atoms with Crippen LogP contribution in [-0.2, 0) is 6.42 Å². The standard InChI is InChI=1S/C9H12N4/c10-4-5-11-9-7-2-1-3-8(7)12-6-13-9/h1-2,6H,3-5,10H2,(H,11,12,13). The second kappa shape index (κ2) is 3.53. The van der Waals surface area contributed by atoms with Crippen LogP contribution >= 0.6 is 0 Å². The second-order valence-corrected chi connectivity index (χ2v) is 2.90. The van der Waals surface area contributed by atoms with Gasteiger partial charge in [0.15, 0.2) is 0 Å². The maximum Gasteiger partial charge on any atom is 0.136 e. The van der Waals surface area contributed by atoms with Crippen LogP contribution in [0.25, 0.3) is 6.08 Å². The monoisotopic (exact) mass is 176 g/mol.